The lowest BCUT2D eigenvalue weighted by Crippen LogP contribution is -1.92. The van der Waals surface area contributed by atoms with Crippen LogP contribution in [0.4, 0.5) is 0 Å². The molecular formula is C46H28O. The maximum absolute atomic E-state index is 9.41. The summed E-state index contributed by atoms with van der Waals surface area (Å²) in [5.74, 6) is 0. The van der Waals surface area contributed by atoms with Crippen LogP contribution in [0.15, 0.2) is 174 Å². The van der Waals surface area contributed by atoms with Gasteiger partial charge in [-0.15, -0.1) is 0 Å². The van der Waals surface area contributed by atoms with Crippen LogP contribution in [0.5, 0.6) is 0 Å². The lowest BCUT2D eigenvalue weighted by molar-refractivity contribution is 0.669. The third-order valence-electron chi connectivity index (χ3n) is 9.30. The standard InChI is InChI=1S/C46H28O/c1-2-12-33-32(11-1)28-42(35-14-4-3-13-34(33)35)46-39-18-7-5-16-37(39)45(38-17-6-8-19-40(38)46)30-23-21-29(22-24-30)31-25-26-44-41(27-31)36-15-9-10-20-43(36)47-44/h1-28H/i5D,6D,7D,8D,16D,17D,18D,19D. The first kappa shape index (κ1) is 19.4. The van der Waals surface area contributed by atoms with Gasteiger partial charge >= 0.3 is 0 Å². The monoisotopic (exact) mass is 604 g/mol. The number of fused-ring (bicyclic) bond motifs is 8. The average molecular weight is 605 g/mol. The Hall–Kier alpha value is -6.18. The van der Waals surface area contributed by atoms with E-state index in [0.29, 0.717) is 22.3 Å². The Balaban J connectivity index is 1.33. The van der Waals surface area contributed by atoms with Crippen LogP contribution in [0.25, 0.3) is 98.4 Å². The predicted octanol–water partition coefficient (Wildman–Crippen LogP) is 13.2. The highest BCUT2D eigenvalue weighted by Gasteiger charge is 2.19. The topological polar surface area (TPSA) is 13.1 Å². The molecule has 1 aromatic heterocycles. The molecule has 1 heteroatoms. The molecule has 1 nitrogen and oxygen atoms in total. The van der Waals surface area contributed by atoms with Crippen molar-refractivity contribution in [2.45, 2.75) is 0 Å². The summed E-state index contributed by atoms with van der Waals surface area (Å²) in [6.07, 6.45) is 0. The molecule has 0 N–H and O–H groups in total. The van der Waals surface area contributed by atoms with Crippen LogP contribution in [-0.2, 0) is 0 Å². The van der Waals surface area contributed by atoms with Crippen molar-refractivity contribution in [1.82, 2.24) is 0 Å². The molecule has 9 aromatic carbocycles. The maximum Gasteiger partial charge on any atom is 0.135 e. The van der Waals surface area contributed by atoms with Gasteiger partial charge in [-0.05, 0) is 101 Å². The van der Waals surface area contributed by atoms with Gasteiger partial charge in [0, 0.05) is 10.8 Å². The first-order valence-electron chi connectivity index (χ1n) is 19.5. The van der Waals surface area contributed by atoms with E-state index in [1.807, 2.05) is 115 Å². The fraction of sp³-hybridized carbons (Fsp3) is 0. The molecule has 0 radical (unpaired) electrons. The van der Waals surface area contributed by atoms with Gasteiger partial charge < -0.3 is 4.42 Å². The van der Waals surface area contributed by atoms with Crippen molar-refractivity contribution in [2.75, 3.05) is 0 Å². The smallest absolute Gasteiger partial charge is 0.135 e. The summed E-state index contributed by atoms with van der Waals surface area (Å²) in [6.45, 7) is 0. The maximum atomic E-state index is 9.41. The van der Waals surface area contributed by atoms with Crippen molar-refractivity contribution >= 4 is 65.0 Å². The van der Waals surface area contributed by atoms with E-state index in [4.69, 9.17) is 9.90 Å². The van der Waals surface area contributed by atoms with E-state index in [0.717, 1.165) is 54.6 Å². The van der Waals surface area contributed by atoms with Gasteiger partial charge in [0.25, 0.3) is 0 Å². The van der Waals surface area contributed by atoms with E-state index in [1.165, 1.54) is 0 Å². The molecule has 0 aliphatic carbocycles. The van der Waals surface area contributed by atoms with Crippen LogP contribution in [0.3, 0.4) is 0 Å². The molecule has 1 heterocycles. The Kier molecular flexibility index (Phi) is 4.19. The van der Waals surface area contributed by atoms with Crippen LogP contribution in [-0.4, -0.2) is 0 Å². The van der Waals surface area contributed by atoms with Crippen LogP contribution >= 0.6 is 0 Å². The van der Waals surface area contributed by atoms with Crippen molar-refractivity contribution in [1.29, 1.82) is 0 Å². The zero-order valence-corrected chi connectivity index (χ0v) is 25.0. The number of hydrogen-bond donors (Lipinski definition) is 0. The second-order valence-electron chi connectivity index (χ2n) is 11.8. The second kappa shape index (κ2) is 10.2. The Labute approximate surface area is 283 Å². The van der Waals surface area contributed by atoms with Crippen LogP contribution in [0.2, 0.25) is 0 Å². The quantitative estimate of drug-likeness (QED) is 0.144. The van der Waals surface area contributed by atoms with E-state index < -0.39 is 24.2 Å². The Morgan fingerprint density at radius 1 is 0.362 bits per heavy atom. The third-order valence-corrected chi connectivity index (χ3v) is 9.30. The lowest BCUT2D eigenvalue weighted by Gasteiger charge is -2.19. The molecule has 47 heavy (non-hydrogen) atoms. The molecule has 0 spiro atoms. The zero-order valence-electron chi connectivity index (χ0n) is 33.0. The molecule has 0 unspecified atom stereocenters. The number of benzene rings is 9. The summed E-state index contributed by atoms with van der Waals surface area (Å²) in [5, 5.41) is 6.36. The first-order valence-corrected chi connectivity index (χ1v) is 15.5. The van der Waals surface area contributed by atoms with E-state index in [-0.39, 0.29) is 45.7 Å². The van der Waals surface area contributed by atoms with Gasteiger partial charge in [-0.1, -0.05) is 145 Å². The Morgan fingerprint density at radius 3 is 1.62 bits per heavy atom. The molecule has 0 saturated carbocycles. The van der Waals surface area contributed by atoms with Crippen LogP contribution in [0, 0.1) is 0 Å². The highest BCUT2D eigenvalue weighted by atomic mass is 16.3. The first-order chi connectivity index (χ1) is 26.6. The minimum absolute atomic E-state index is 0.190. The highest BCUT2D eigenvalue weighted by Crippen LogP contribution is 2.46. The highest BCUT2D eigenvalue weighted by molar-refractivity contribution is 6.25. The summed E-state index contributed by atoms with van der Waals surface area (Å²) in [7, 11) is 0. The summed E-state index contributed by atoms with van der Waals surface area (Å²) in [5.41, 5.74) is 5.25. The Morgan fingerprint density at radius 2 is 0.894 bits per heavy atom. The number of furan rings is 1. The van der Waals surface area contributed by atoms with E-state index in [1.54, 1.807) is 0 Å². The summed E-state index contributed by atoms with van der Waals surface area (Å²) >= 11 is 0. The third kappa shape index (κ3) is 3.97. The molecule has 0 amide bonds. The lowest BCUT2D eigenvalue weighted by atomic mass is 9.83. The molecular weight excluding hydrogens is 569 g/mol. The van der Waals surface area contributed by atoms with Gasteiger partial charge in [0.1, 0.15) is 11.2 Å². The van der Waals surface area contributed by atoms with Crippen molar-refractivity contribution in [2.24, 2.45) is 0 Å². The van der Waals surface area contributed by atoms with Gasteiger partial charge in [0.05, 0.1) is 11.0 Å². The molecule has 0 aliphatic heterocycles. The molecule has 0 saturated heterocycles. The fourth-order valence-corrected chi connectivity index (χ4v) is 7.18. The van der Waals surface area contributed by atoms with E-state index >= 15 is 0 Å². The van der Waals surface area contributed by atoms with Gasteiger partial charge in [-0.3, -0.25) is 0 Å². The van der Waals surface area contributed by atoms with E-state index in [2.05, 4.69) is 6.07 Å². The normalized spacial score (nSPS) is 14.2. The minimum Gasteiger partial charge on any atom is -0.456 e. The molecule has 0 bridgehead atoms. The predicted molar refractivity (Wildman–Crippen MR) is 200 cm³/mol. The summed E-state index contributed by atoms with van der Waals surface area (Å²) < 4.78 is 78.9. The fourth-order valence-electron chi connectivity index (χ4n) is 7.18. The van der Waals surface area contributed by atoms with Crippen molar-refractivity contribution in [3.05, 3.63) is 170 Å². The molecule has 0 fully saturated rings. The SMILES string of the molecule is [2H]c1c([2H])c([2H])c2c(-c3cc4ccccc4c4ccccc34)c3c([2H])c([2H])c([2H])c([2H])c3c(-c3ccc(-c4ccc5oc6ccccc6c5c4)cc3)c2c1[2H]. The average Bonchev–Trinajstić information content (AvgIpc) is 3.60. The van der Waals surface area contributed by atoms with Crippen LogP contribution < -0.4 is 0 Å². The van der Waals surface area contributed by atoms with Crippen molar-refractivity contribution in [3.8, 4) is 33.4 Å². The molecule has 218 valence electrons. The van der Waals surface area contributed by atoms with Crippen molar-refractivity contribution in [3.63, 3.8) is 0 Å². The molecule has 0 aliphatic rings. The van der Waals surface area contributed by atoms with Gasteiger partial charge in [0.15, 0.2) is 0 Å². The number of rotatable bonds is 3. The van der Waals surface area contributed by atoms with Gasteiger partial charge in [0.2, 0.25) is 0 Å². The Bertz CT molecular complexity index is 3210. The van der Waals surface area contributed by atoms with Crippen molar-refractivity contribution < 1.29 is 15.4 Å². The zero-order chi connectivity index (χ0) is 37.9. The number of hydrogen-bond acceptors (Lipinski definition) is 1. The molecule has 10 rings (SSSR count). The number of para-hydroxylation sites is 1. The molecule has 10 aromatic rings. The largest absolute Gasteiger partial charge is 0.456 e. The summed E-state index contributed by atoms with van der Waals surface area (Å²) in [4.78, 5) is 0. The van der Waals surface area contributed by atoms with Gasteiger partial charge in [-0.25, -0.2) is 0 Å². The van der Waals surface area contributed by atoms with Crippen LogP contribution in [0.1, 0.15) is 11.0 Å². The minimum atomic E-state index is -0.425. The summed E-state index contributed by atoms with van der Waals surface area (Å²) in [6, 6.07) is 36.3. The van der Waals surface area contributed by atoms with Gasteiger partial charge in [-0.2, -0.15) is 0 Å². The second-order valence-corrected chi connectivity index (χ2v) is 11.8. The van der Waals surface area contributed by atoms with E-state index in [9.17, 15) is 5.48 Å². The molecule has 0 atom stereocenters.